The number of rotatable bonds is 3. The summed E-state index contributed by atoms with van der Waals surface area (Å²) in [5, 5.41) is 2.07. The SMILES string of the molecule is [2H]C([2H])([2H])c1c[c-]c(-c2nccn2C)cc1.[2H]C([2H])([2H])c1ccc2c(c1)oc1c(-c3cc(-c4cc5ccc(C(C)(C)C)nc5cc4C([2H])([2H])[2H])c(C([2H])([2H])[2H])cn3)[c-]ccc12.[Ir]. The fourth-order valence-corrected chi connectivity index (χ4v) is 5.75. The maximum Gasteiger partial charge on any atom is 0.121 e. The Balaban J connectivity index is 0.000000317. The van der Waals surface area contributed by atoms with Crippen molar-refractivity contribution in [1.29, 1.82) is 0 Å². The average Bonchev–Trinajstić information content (AvgIpc) is 3.78. The second-order valence-corrected chi connectivity index (χ2v) is 12.9. The summed E-state index contributed by atoms with van der Waals surface area (Å²) in [6.07, 6.45) is 4.77. The summed E-state index contributed by atoms with van der Waals surface area (Å²) >= 11 is 0. The summed E-state index contributed by atoms with van der Waals surface area (Å²) in [5.41, 5.74) is 4.07. The number of pyridine rings is 2. The number of fused-ring (bicyclic) bond motifs is 4. The molecular weight excluding hydrogens is 793 g/mol. The number of nitrogens with zero attached hydrogens (tertiary/aromatic N) is 4. The Morgan fingerprint density at radius 3 is 2.34 bits per heavy atom. The van der Waals surface area contributed by atoms with E-state index in [2.05, 4.69) is 22.1 Å². The predicted octanol–water partition coefficient (Wildman–Crippen LogP) is 11.1. The molecule has 0 bridgehead atoms. The van der Waals surface area contributed by atoms with E-state index >= 15 is 0 Å². The molecule has 6 heteroatoms. The van der Waals surface area contributed by atoms with Gasteiger partial charge in [-0.05, 0) is 78.3 Å². The predicted molar refractivity (Wildman–Crippen MR) is 202 cm³/mol. The Labute approximate surface area is 324 Å². The Morgan fingerprint density at radius 1 is 0.800 bits per heavy atom. The normalized spacial score (nSPS) is 16.0. The van der Waals surface area contributed by atoms with Crippen LogP contribution in [0.1, 0.15) is 65.2 Å². The molecule has 8 aromatic rings. The molecule has 0 saturated heterocycles. The summed E-state index contributed by atoms with van der Waals surface area (Å²) in [6, 6.07) is 27.6. The van der Waals surface area contributed by atoms with E-state index in [1.807, 2.05) is 50.7 Å². The van der Waals surface area contributed by atoms with E-state index < -0.39 is 27.4 Å². The quantitative estimate of drug-likeness (QED) is 0.166. The minimum Gasteiger partial charge on any atom is -0.501 e. The van der Waals surface area contributed by atoms with E-state index in [0.29, 0.717) is 49.7 Å². The molecule has 4 heterocycles. The Bertz CT molecular complexity index is 2920. The van der Waals surface area contributed by atoms with E-state index in [-0.39, 0.29) is 53.3 Å². The van der Waals surface area contributed by atoms with Crippen molar-refractivity contribution in [2.24, 2.45) is 7.05 Å². The molecule has 0 unspecified atom stereocenters. The van der Waals surface area contributed by atoms with E-state index in [1.54, 1.807) is 48.7 Å². The van der Waals surface area contributed by atoms with Crippen LogP contribution in [-0.4, -0.2) is 19.5 Å². The molecule has 0 spiro atoms. The fraction of sp³-hybridized carbons (Fsp3) is 0.205. The third-order valence-corrected chi connectivity index (χ3v) is 8.36. The molecule has 50 heavy (non-hydrogen) atoms. The van der Waals surface area contributed by atoms with Crippen molar-refractivity contribution >= 4 is 32.8 Å². The van der Waals surface area contributed by atoms with Crippen LogP contribution in [-0.2, 0) is 32.6 Å². The third-order valence-electron chi connectivity index (χ3n) is 8.36. The number of hydrogen-bond donors (Lipinski definition) is 0. The van der Waals surface area contributed by atoms with Crippen molar-refractivity contribution in [3.63, 3.8) is 0 Å². The maximum absolute atomic E-state index is 8.38. The Hall–Kier alpha value is -4.90. The van der Waals surface area contributed by atoms with Gasteiger partial charge in [0.05, 0.1) is 16.9 Å². The van der Waals surface area contributed by atoms with Crippen molar-refractivity contribution < 1.29 is 41.0 Å². The molecule has 0 saturated carbocycles. The molecule has 0 fully saturated rings. The molecule has 8 rings (SSSR count). The summed E-state index contributed by atoms with van der Waals surface area (Å²) in [4.78, 5) is 13.4. The first-order chi connectivity index (χ1) is 28.3. The van der Waals surface area contributed by atoms with Crippen LogP contribution in [0.3, 0.4) is 0 Å². The first kappa shape index (κ1) is 22.7. The summed E-state index contributed by atoms with van der Waals surface area (Å²) in [6.45, 7) is -3.50. The van der Waals surface area contributed by atoms with Crippen LogP contribution >= 0.6 is 0 Å². The number of aromatic nitrogens is 4. The van der Waals surface area contributed by atoms with Gasteiger partial charge in [0.15, 0.2) is 0 Å². The summed E-state index contributed by atoms with van der Waals surface area (Å²) < 4.78 is 103. The molecule has 1 radical (unpaired) electrons. The number of benzene rings is 4. The van der Waals surface area contributed by atoms with Crippen molar-refractivity contribution in [1.82, 2.24) is 19.5 Å². The Kier molecular flexibility index (Phi) is 6.27. The van der Waals surface area contributed by atoms with Gasteiger partial charge in [-0.2, -0.15) is 0 Å². The van der Waals surface area contributed by atoms with Crippen LogP contribution in [0.15, 0.2) is 102 Å². The van der Waals surface area contributed by atoms with Gasteiger partial charge in [0, 0.05) is 84.1 Å². The van der Waals surface area contributed by atoms with Crippen LogP contribution in [0.25, 0.3) is 66.6 Å². The van der Waals surface area contributed by atoms with Gasteiger partial charge in [0.1, 0.15) is 5.58 Å². The monoisotopic (exact) mass is 845 g/mol. The molecule has 0 aliphatic carbocycles. The molecule has 4 aromatic heterocycles. The zero-order valence-corrected chi connectivity index (χ0v) is 30.2. The second-order valence-electron chi connectivity index (χ2n) is 12.9. The summed E-state index contributed by atoms with van der Waals surface area (Å²) in [7, 11) is 1.88. The number of imidazole rings is 1. The van der Waals surface area contributed by atoms with Gasteiger partial charge in [-0.25, -0.2) is 0 Å². The van der Waals surface area contributed by atoms with Crippen molar-refractivity contribution in [3.05, 3.63) is 138 Å². The van der Waals surface area contributed by atoms with Gasteiger partial charge in [-0.1, -0.05) is 62.8 Å². The standard InChI is InChI=1S/C33H29N2O.C11H11N2.Ir/c1-19-10-12-23-24-8-7-9-25(32(24)36-30(23)14-19)29-17-27(21(3)18-34-29)26-16-22-11-13-31(33(4,5)6)35-28(22)15-20(26)2;1-9-3-5-10(6-4-9)11-12-7-8-13(11)2;/h7-8,10-18H,1-6H3;3-5,7-8H,1-2H3;/q2*-1;/i1D3,2D3,3D3;1D3;. The van der Waals surface area contributed by atoms with Gasteiger partial charge in [0.2, 0.25) is 0 Å². The molecule has 0 amide bonds. The van der Waals surface area contributed by atoms with Crippen LogP contribution in [0.5, 0.6) is 0 Å². The molecule has 0 aliphatic heterocycles. The van der Waals surface area contributed by atoms with Crippen LogP contribution < -0.4 is 0 Å². The van der Waals surface area contributed by atoms with Crippen LogP contribution in [0.4, 0.5) is 0 Å². The molecule has 5 nitrogen and oxygen atoms in total. The van der Waals surface area contributed by atoms with Crippen molar-refractivity contribution in [3.8, 4) is 33.8 Å². The van der Waals surface area contributed by atoms with E-state index in [4.69, 9.17) is 25.9 Å². The van der Waals surface area contributed by atoms with Gasteiger partial charge < -0.3 is 14.0 Å². The minimum absolute atomic E-state index is 0. The smallest absolute Gasteiger partial charge is 0.121 e. The zero-order valence-electron chi connectivity index (χ0n) is 39.8. The van der Waals surface area contributed by atoms with Crippen molar-refractivity contribution in [2.75, 3.05) is 0 Å². The van der Waals surface area contributed by atoms with E-state index in [9.17, 15) is 0 Å². The number of hydrogen-bond acceptors (Lipinski definition) is 4. The van der Waals surface area contributed by atoms with Gasteiger partial charge in [-0.15, -0.1) is 53.6 Å². The fourth-order valence-electron chi connectivity index (χ4n) is 5.75. The first-order valence-corrected chi connectivity index (χ1v) is 15.6. The van der Waals surface area contributed by atoms with Gasteiger partial charge in [-0.3, -0.25) is 9.97 Å². The minimum atomic E-state index is -2.60. The van der Waals surface area contributed by atoms with Crippen LogP contribution in [0, 0.1) is 39.5 Å². The largest absolute Gasteiger partial charge is 0.501 e. The molecule has 0 aliphatic rings. The third kappa shape index (κ3) is 6.79. The Morgan fingerprint density at radius 2 is 1.62 bits per heavy atom. The topological polar surface area (TPSA) is 56.7 Å². The van der Waals surface area contributed by atoms with E-state index in [1.165, 1.54) is 30.5 Å². The number of aryl methyl sites for hydroxylation is 5. The molecule has 0 N–H and O–H groups in total. The molecular formula is C44H40IrN4O-2. The number of furan rings is 1. The van der Waals surface area contributed by atoms with Crippen molar-refractivity contribution in [2.45, 2.75) is 53.6 Å². The molecule has 4 aromatic carbocycles. The van der Waals surface area contributed by atoms with Crippen LogP contribution in [0.2, 0.25) is 0 Å². The van der Waals surface area contributed by atoms with Gasteiger partial charge in [0.25, 0.3) is 0 Å². The molecule has 0 atom stereocenters. The van der Waals surface area contributed by atoms with Gasteiger partial charge >= 0.3 is 0 Å². The molecule has 253 valence electrons. The second kappa shape index (κ2) is 13.8. The summed E-state index contributed by atoms with van der Waals surface area (Å²) in [5.74, 6) is 0.775. The maximum atomic E-state index is 8.38. The zero-order chi connectivity index (χ0) is 44.4. The first-order valence-electron chi connectivity index (χ1n) is 21.6. The van der Waals surface area contributed by atoms with E-state index in [0.717, 1.165) is 17.1 Å². The average molecular weight is 845 g/mol.